The third-order valence-electron chi connectivity index (χ3n) is 5.99. The van der Waals surface area contributed by atoms with E-state index in [0.29, 0.717) is 37.0 Å². The van der Waals surface area contributed by atoms with Gasteiger partial charge in [0.2, 0.25) is 0 Å². The highest BCUT2D eigenvalue weighted by atomic mass is 32.2. The Morgan fingerprint density at radius 2 is 1.74 bits per heavy atom. The van der Waals surface area contributed by atoms with Crippen molar-refractivity contribution in [3.05, 3.63) is 102 Å². The van der Waals surface area contributed by atoms with Crippen LogP contribution in [0, 0.1) is 5.82 Å². The van der Waals surface area contributed by atoms with Crippen LogP contribution in [0.3, 0.4) is 0 Å². The second-order valence-corrected chi connectivity index (χ2v) is 11.4. The Kier molecular flexibility index (Phi) is 7.85. The van der Waals surface area contributed by atoms with Crippen LogP contribution >= 0.6 is 0 Å². The highest BCUT2D eigenvalue weighted by molar-refractivity contribution is 7.90. The first-order chi connectivity index (χ1) is 18.8. The number of halogens is 1. The molecule has 0 radical (unpaired) electrons. The zero-order valence-corrected chi connectivity index (χ0v) is 22.0. The van der Waals surface area contributed by atoms with Crippen LogP contribution in [0.5, 0.6) is 5.75 Å². The molecule has 2 heterocycles. The maximum atomic E-state index is 13.1. The van der Waals surface area contributed by atoms with E-state index in [1.165, 1.54) is 24.7 Å². The molecule has 0 atom stereocenters. The van der Waals surface area contributed by atoms with E-state index >= 15 is 0 Å². The Morgan fingerprint density at radius 1 is 0.949 bits per heavy atom. The van der Waals surface area contributed by atoms with Crippen LogP contribution < -0.4 is 15.4 Å². The molecule has 39 heavy (non-hydrogen) atoms. The quantitative estimate of drug-likeness (QED) is 0.210. The second-order valence-electron chi connectivity index (χ2n) is 9.14. The minimum absolute atomic E-state index is 0.0872. The van der Waals surface area contributed by atoms with E-state index in [4.69, 9.17) is 9.15 Å². The number of hydrogen-bond acceptors (Lipinski definition) is 8. The van der Waals surface area contributed by atoms with Crippen LogP contribution in [-0.4, -0.2) is 36.9 Å². The summed E-state index contributed by atoms with van der Waals surface area (Å²) in [6.07, 6.45) is 4.39. The number of rotatable bonds is 11. The minimum Gasteiger partial charge on any atom is -0.489 e. The molecule has 0 amide bonds. The van der Waals surface area contributed by atoms with Gasteiger partial charge in [-0.2, -0.15) is 0 Å². The summed E-state index contributed by atoms with van der Waals surface area (Å²) in [5.74, 6) is 1.84. The molecule has 200 valence electrons. The molecule has 0 saturated carbocycles. The molecule has 10 heteroatoms. The van der Waals surface area contributed by atoms with Gasteiger partial charge in [0.05, 0.1) is 17.5 Å². The summed E-state index contributed by atoms with van der Waals surface area (Å²) in [6.45, 7) is 1.23. The second kappa shape index (κ2) is 11.6. The highest BCUT2D eigenvalue weighted by Crippen LogP contribution is 2.30. The third-order valence-corrected chi connectivity index (χ3v) is 6.93. The highest BCUT2D eigenvalue weighted by Gasteiger charge is 2.10. The molecule has 0 saturated heterocycles. The van der Waals surface area contributed by atoms with Gasteiger partial charge in [-0.25, -0.2) is 22.8 Å². The summed E-state index contributed by atoms with van der Waals surface area (Å²) in [5, 5.41) is 7.30. The number of aromatic nitrogens is 2. The van der Waals surface area contributed by atoms with Gasteiger partial charge in [0.1, 0.15) is 45.9 Å². The van der Waals surface area contributed by atoms with Crippen LogP contribution in [0.4, 0.5) is 15.9 Å². The Hall–Kier alpha value is -4.28. The summed E-state index contributed by atoms with van der Waals surface area (Å²) >= 11 is 0. The first-order valence-corrected chi connectivity index (χ1v) is 14.3. The number of fused-ring (bicyclic) bond motifs is 1. The maximum Gasteiger partial charge on any atom is 0.148 e. The van der Waals surface area contributed by atoms with Crippen molar-refractivity contribution in [3.8, 4) is 17.1 Å². The van der Waals surface area contributed by atoms with Crippen molar-refractivity contribution >= 4 is 32.2 Å². The Bertz CT molecular complexity index is 1670. The van der Waals surface area contributed by atoms with E-state index in [1.807, 2.05) is 48.5 Å². The van der Waals surface area contributed by atoms with Crippen molar-refractivity contribution in [1.82, 2.24) is 15.3 Å². The zero-order valence-electron chi connectivity index (χ0n) is 21.2. The molecule has 0 aliphatic heterocycles. The van der Waals surface area contributed by atoms with Crippen LogP contribution in [0.2, 0.25) is 0 Å². The normalized spacial score (nSPS) is 11.5. The van der Waals surface area contributed by atoms with Gasteiger partial charge >= 0.3 is 0 Å². The predicted octanol–water partition coefficient (Wildman–Crippen LogP) is 5.49. The lowest BCUT2D eigenvalue weighted by Crippen LogP contribution is -2.21. The van der Waals surface area contributed by atoms with Gasteiger partial charge in [-0.1, -0.05) is 12.1 Å². The molecular weight excluding hydrogens is 519 g/mol. The lowest BCUT2D eigenvalue weighted by Gasteiger charge is -2.11. The molecule has 5 rings (SSSR count). The Labute approximate surface area is 225 Å². The third kappa shape index (κ3) is 7.18. The molecule has 0 unspecified atom stereocenters. The number of furan rings is 1. The van der Waals surface area contributed by atoms with Crippen LogP contribution in [0.25, 0.3) is 22.2 Å². The largest absolute Gasteiger partial charge is 0.489 e. The number of nitrogens with one attached hydrogen (secondary N) is 2. The van der Waals surface area contributed by atoms with Crippen LogP contribution in [0.15, 0.2) is 89.8 Å². The van der Waals surface area contributed by atoms with Crippen LogP contribution in [0.1, 0.15) is 11.1 Å². The average Bonchev–Trinajstić information content (AvgIpc) is 3.40. The van der Waals surface area contributed by atoms with Crippen molar-refractivity contribution < 1.29 is 22.0 Å². The molecule has 8 nitrogen and oxygen atoms in total. The lowest BCUT2D eigenvalue weighted by molar-refractivity contribution is 0.306. The molecule has 0 spiro atoms. The van der Waals surface area contributed by atoms with Crippen molar-refractivity contribution in [2.45, 2.75) is 13.2 Å². The summed E-state index contributed by atoms with van der Waals surface area (Å²) in [6, 6.07) is 21.5. The van der Waals surface area contributed by atoms with Crippen molar-refractivity contribution in [3.63, 3.8) is 0 Å². The summed E-state index contributed by atoms with van der Waals surface area (Å²) in [4.78, 5) is 8.83. The van der Waals surface area contributed by atoms with Crippen LogP contribution in [-0.2, 0) is 23.0 Å². The van der Waals surface area contributed by atoms with Gasteiger partial charge in [-0.15, -0.1) is 0 Å². The van der Waals surface area contributed by atoms with Gasteiger partial charge < -0.3 is 19.8 Å². The van der Waals surface area contributed by atoms with E-state index < -0.39 is 9.84 Å². The standard InChI is InChI=1S/C29H27FN4O4S/c1-39(35,36)13-12-31-16-21-14-28(38-18-21)22-4-11-27-26(15-22)29(33-19-32-27)34-24-7-9-25(10-8-24)37-17-20-2-5-23(30)6-3-20/h2-11,14-15,18-19,31H,12-13,16-17H2,1H3,(H,32,33,34). The summed E-state index contributed by atoms with van der Waals surface area (Å²) in [5.41, 5.74) is 4.28. The molecule has 0 aliphatic rings. The predicted molar refractivity (Wildman–Crippen MR) is 149 cm³/mol. The van der Waals surface area contributed by atoms with E-state index in [0.717, 1.165) is 33.3 Å². The molecule has 2 aromatic heterocycles. The Balaban J connectivity index is 1.26. The van der Waals surface area contributed by atoms with Crippen molar-refractivity contribution in [1.29, 1.82) is 0 Å². The van der Waals surface area contributed by atoms with Gasteiger partial charge in [0.25, 0.3) is 0 Å². The molecule has 0 aliphatic carbocycles. The molecular formula is C29H27FN4O4S. The summed E-state index contributed by atoms with van der Waals surface area (Å²) in [7, 11) is -3.00. The van der Waals surface area contributed by atoms with Gasteiger partial charge in [-0.05, 0) is 66.2 Å². The lowest BCUT2D eigenvalue weighted by atomic mass is 10.1. The van der Waals surface area contributed by atoms with E-state index in [9.17, 15) is 12.8 Å². The molecule has 0 bridgehead atoms. The molecule has 5 aromatic rings. The Morgan fingerprint density at radius 3 is 2.51 bits per heavy atom. The number of sulfone groups is 1. The molecule has 0 fully saturated rings. The van der Waals surface area contributed by atoms with Crippen molar-refractivity contribution in [2.75, 3.05) is 23.9 Å². The van der Waals surface area contributed by atoms with E-state index in [-0.39, 0.29) is 11.6 Å². The SMILES string of the molecule is CS(=O)(=O)CCNCc1coc(-c2ccc3ncnc(Nc4ccc(OCc5ccc(F)cc5)cc4)c3c2)c1. The number of hydrogen-bond donors (Lipinski definition) is 2. The smallest absolute Gasteiger partial charge is 0.148 e. The van der Waals surface area contributed by atoms with Gasteiger partial charge in [0, 0.05) is 41.5 Å². The number of anilines is 2. The van der Waals surface area contributed by atoms with E-state index in [1.54, 1.807) is 18.4 Å². The summed E-state index contributed by atoms with van der Waals surface area (Å²) < 4.78 is 47.2. The van der Waals surface area contributed by atoms with E-state index in [2.05, 4.69) is 20.6 Å². The zero-order chi connectivity index (χ0) is 27.2. The number of ether oxygens (including phenoxy) is 1. The monoisotopic (exact) mass is 546 g/mol. The topological polar surface area (TPSA) is 106 Å². The van der Waals surface area contributed by atoms with Crippen molar-refractivity contribution in [2.24, 2.45) is 0 Å². The fraction of sp³-hybridized carbons (Fsp3) is 0.172. The van der Waals surface area contributed by atoms with Gasteiger partial charge in [0.15, 0.2) is 0 Å². The molecule has 3 aromatic carbocycles. The maximum absolute atomic E-state index is 13.1. The first-order valence-electron chi connectivity index (χ1n) is 12.3. The first kappa shape index (κ1) is 26.3. The molecule has 2 N–H and O–H groups in total. The number of benzene rings is 3. The fourth-order valence-corrected chi connectivity index (χ4v) is 4.45. The van der Waals surface area contributed by atoms with Gasteiger partial charge in [-0.3, -0.25) is 0 Å². The fourth-order valence-electron chi connectivity index (χ4n) is 3.94. The number of nitrogens with zero attached hydrogens (tertiary/aromatic N) is 2. The average molecular weight is 547 g/mol. The minimum atomic E-state index is -3.00.